The Morgan fingerprint density at radius 3 is 2.85 bits per heavy atom. The lowest BCUT2D eigenvalue weighted by Crippen LogP contribution is -2.27. The third kappa shape index (κ3) is 2.09. The number of carbonyl (C=O) groups is 1. The maximum absolute atomic E-state index is 10.8. The summed E-state index contributed by atoms with van der Waals surface area (Å²) < 4.78 is 0. The van der Waals surface area contributed by atoms with Gasteiger partial charge in [0.25, 0.3) is 0 Å². The standard InChI is InChI=1S/C9H14N2O2/c1-2-6(9(12)13)8(10)7-4-3-5-11-7/h3-6,8,11H,2,10H2,1H3,(H,12,13). The summed E-state index contributed by atoms with van der Waals surface area (Å²) >= 11 is 0. The minimum absolute atomic E-state index is 0.447. The van der Waals surface area contributed by atoms with Crippen LogP contribution in [0.3, 0.4) is 0 Å². The van der Waals surface area contributed by atoms with Crippen molar-refractivity contribution < 1.29 is 9.90 Å². The van der Waals surface area contributed by atoms with E-state index in [1.54, 1.807) is 12.3 Å². The van der Waals surface area contributed by atoms with Crippen LogP contribution < -0.4 is 5.73 Å². The van der Waals surface area contributed by atoms with Crippen LogP contribution in [-0.4, -0.2) is 16.1 Å². The molecule has 0 aliphatic rings. The first-order valence-electron chi connectivity index (χ1n) is 4.28. The molecule has 0 spiro atoms. The van der Waals surface area contributed by atoms with E-state index in [1.165, 1.54) is 0 Å². The van der Waals surface area contributed by atoms with E-state index in [1.807, 2.05) is 13.0 Å². The number of carboxylic acid groups (broad SMARTS) is 1. The Balaban J connectivity index is 2.76. The quantitative estimate of drug-likeness (QED) is 0.653. The van der Waals surface area contributed by atoms with Crippen LogP contribution in [0.5, 0.6) is 0 Å². The van der Waals surface area contributed by atoms with Crippen LogP contribution in [0, 0.1) is 5.92 Å². The Labute approximate surface area is 76.8 Å². The molecule has 1 aromatic heterocycles. The molecule has 0 aliphatic heterocycles. The predicted octanol–water partition coefficient (Wildman–Crippen LogP) is 1.13. The monoisotopic (exact) mass is 182 g/mol. The van der Waals surface area contributed by atoms with Gasteiger partial charge < -0.3 is 15.8 Å². The molecule has 0 aliphatic carbocycles. The van der Waals surface area contributed by atoms with Crippen LogP contribution in [0.2, 0.25) is 0 Å². The largest absolute Gasteiger partial charge is 0.481 e. The highest BCUT2D eigenvalue weighted by Crippen LogP contribution is 2.20. The van der Waals surface area contributed by atoms with Gasteiger partial charge in [0.2, 0.25) is 0 Å². The van der Waals surface area contributed by atoms with Crippen LogP contribution in [0.1, 0.15) is 25.1 Å². The average molecular weight is 182 g/mol. The van der Waals surface area contributed by atoms with Gasteiger partial charge in [0.15, 0.2) is 0 Å². The van der Waals surface area contributed by atoms with E-state index in [9.17, 15) is 4.79 Å². The van der Waals surface area contributed by atoms with E-state index in [0.717, 1.165) is 5.69 Å². The zero-order valence-corrected chi connectivity index (χ0v) is 7.53. The summed E-state index contributed by atoms with van der Waals surface area (Å²) in [6.45, 7) is 1.82. The first-order chi connectivity index (χ1) is 6.16. The fourth-order valence-electron chi connectivity index (χ4n) is 1.35. The minimum Gasteiger partial charge on any atom is -0.481 e. The maximum atomic E-state index is 10.8. The van der Waals surface area contributed by atoms with Crippen molar-refractivity contribution in [2.45, 2.75) is 19.4 Å². The second-order valence-electron chi connectivity index (χ2n) is 3.00. The Kier molecular flexibility index (Phi) is 3.08. The Hall–Kier alpha value is -1.29. The smallest absolute Gasteiger partial charge is 0.308 e. The van der Waals surface area contributed by atoms with Crippen molar-refractivity contribution in [1.82, 2.24) is 4.98 Å². The number of H-pyrrole nitrogens is 1. The number of aromatic amines is 1. The van der Waals surface area contributed by atoms with Crippen molar-refractivity contribution in [3.63, 3.8) is 0 Å². The maximum Gasteiger partial charge on any atom is 0.308 e. The highest BCUT2D eigenvalue weighted by molar-refractivity contribution is 5.71. The first kappa shape index (κ1) is 9.80. The SMILES string of the molecule is CCC(C(=O)O)C(N)c1ccc[nH]1. The second kappa shape index (κ2) is 4.09. The van der Waals surface area contributed by atoms with Gasteiger partial charge in [-0.05, 0) is 18.6 Å². The summed E-state index contributed by atoms with van der Waals surface area (Å²) in [6, 6.07) is 3.16. The van der Waals surface area contributed by atoms with Crippen molar-refractivity contribution >= 4 is 5.97 Å². The van der Waals surface area contributed by atoms with Crippen LogP contribution in [0.4, 0.5) is 0 Å². The number of aromatic nitrogens is 1. The summed E-state index contributed by atoms with van der Waals surface area (Å²) in [5, 5.41) is 8.85. The molecule has 13 heavy (non-hydrogen) atoms. The van der Waals surface area contributed by atoms with Crippen molar-refractivity contribution in [2.75, 3.05) is 0 Å². The molecule has 4 heteroatoms. The Morgan fingerprint density at radius 2 is 2.46 bits per heavy atom. The Morgan fingerprint density at radius 1 is 1.77 bits per heavy atom. The van der Waals surface area contributed by atoms with Crippen molar-refractivity contribution in [1.29, 1.82) is 0 Å². The second-order valence-corrected chi connectivity index (χ2v) is 3.00. The van der Waals surface area contributed by atoms with Gasteiger partial charge in [-0.2, -0.15) is 0 Å². The fourth-order valence-corrected chi connectivity index (χ4v) is 1.35. The van der Waals surface area contributed by atoms with Crippen LogP contribution in [0.25, 0.3) is 0 Å². The lowest BCUT2D eigenvalue weighted by molar-refractivity contribution is -0.142. The zero-order valence-electron chi connectivity index (χ0n) is 7.53. The van der Waals surface area contributed by atoms with Gasteiger partial charge in [-0.1, -0.05) is 6.92 Å². The predicted molar refractivity (Wildman–Crippen MR) is 49.1 cm³/mol. The van der Waals surface area contributed by atoms with Crippen LogP contribution in [-0.2, 0) is 4.79 Å². The van der Waals surface area contributed by atoms with Gasteiger partial charge in [-0.25, -0.2) is 0 Å². The first-order valence-corrected chi connectivity index (χ1v) is 4.28. The molecule has 0 radical (unpaired) electrons. The molecule has 4 nitrogen and oxygen atoms in total. The molecule has 72 valence electrons. The van der Waals surface area contributed by atoms with E-state index in [-0.39, 0.29) is 0 Å². The molecule has 4 N–H and O–H groups in total. The summed E-state index contributed by atoms with van der Waals surface area (Å²) in [5.41, 5.74) is 6.56. The third-order valence-corrected chi connectivity index (χ3v) is 2.17. The highest BCUT2D eigenvalue weighted by atomic mass is 16.4. The molecule has 0 saturated heterocycles. The fraction of sp³-hybridized carbons (Fsp3) is 0.444. The lowest BCUT2D eigenvalue weighted by atomic mass is 9.95. The molecule has 0 fully saturated rings. The number of carboxylic acids is 1. The van der Waals surface area contributed by atoms with Crippen molar-refractivity contribution in [3.05, 3.63) is 24.0 Å². The van der Waals surface area contributed by atoms with E-state index >= 15 is 0 Å². The number of hydrogen-bond donors (Lipinski definition) is 3. The van der Waals surface area contributed by atoms with Gasteiger partial charge in [0, 0.05) is 11.9 Å². The lowest BCUT2D eigenvalue weighted by Gasteiger charge is -2.17. The summed E-state index contributed by atoms with van der Waals surface area (Å²) in [6.07, 6.45) is 2.28. The molecule has 1 aromatic rings. The normalized spacial score (nSPS) is 15.2. The molecule has 0 aromatic carbocycles. The van der Waals surface area contributed by atoms with Crippen molar-refractivity contribution in [3.8, 4) is 0 Å². The van der Waals surface area contributed by atoms with E-state index in [0.29, 0.717) is 6.42 Å². The zero-order chi connectivity index (χ0) is 9.84. The van der Waals surface area contributed by atoms with E-state index in [2.05, 4.69) is 4.98 Å². The van der Waals surface area contributed by atoms with Crippen molar-refractivity contribution in [2.24, 2.45) is 11.7 Å². The molecule has 2 unspecified atom stereocenters. The molecule has 2 atom stereocenters. The number of aliphatic carboxylic acids is 1. The topological polar surface area (TPSA) is 79.1 Å². The average Bonchev–Trinajstić information content (AvgIpc) is 2.56. The third-order valence-electron chi connectivity index (χ3n) is 2.17. The molecule has 1 heterocycles. The van der Waals surface area contributed by atoms with Crippen LogP contribution in [0.15, 0.2) is 18.3 Å². The van der Waals surface area contributed by atoms with Gasteiger partial charge in [-0.15, -0.1) is 0 Å². The molecule has 0 amide bonds. The highest BCUT2D eigenvalue weighted by Gasteiger charge is 2.24. The Bertz CT molecular complexity index is 269. The molecule has 0 bridgehead atoms. The minimum atomic E-state index is -0.843. The van der Waals surface area contributed by atoms with Gasteiger partial charge in [0.05, 0.1) is 12.0 Å². The summed E-state index contributed by atoms with van der Waals surface area (Å²) in [5.74, 6) is -1.36. The van der Waals surface area contributed by atoms with Crippen LogP contribution >= 0.6 is 0 Å². The molecule has 1 rings (SSSR count). The number of hydrogen-bond acceptors (Lipinski definition) is 2. The molecular formula is C9H14N2O2. The van der Waals surface area contributed by atoms with E-state index in [4.69, 9.17) is 10.8 Å². The summed E-state index contributed by atoms with van der Waals surface area (Å²) in [4.78, 5) is 13.7. The number of nitrogens with one attached hydrogen (secondary N) is 1. The van der Waals surface area contributed by atoms with Gasteiger partial charge in [-0.3, -0.25) is 4.79 Å². The molecule has 0 saturated carbocycles. The van der Waals surface area contributed by atoms with Gasteiger partial charge in [0.1, 0.15) is 0 Å². The van der Waals surface area contributed by atoms with Gasteiger partial charge >= 0.3 is 5.97 Å². The number of rotatable bonds is 4. The molecular weight excluding hydrogens is 168 g/mol. The summed E-state index contributed by atoms with van der Waals surface area (Å²) in [7, 11) is 0. The number of nitrogens with two attached hydrogens (primary N) is 1. The van der Waals surface area contributed by atoms with E-state index < -0.39 is 17.9 Å².